The Bertz CT molecular complexity index is 388. The van der Waals surface area contributed by atoms with Crippen LogP contribution in [0.5, 0.6) is 0 Å². The van der Waals surface area contributed by atoms with Crippen molar-refractivity contribution < 1.29 is 4.79 Å². The molecule has 0 unspecified atom stereocenters. The highest BCUT2D eigenvalue weighted by atomic mass is 79.9. The highest BCUT2D eigenvalue weighted by molar-refractivity contribution is 9.10. The topological polar surface area (TPSA) is 20.3 Å². The molecule has 0 aliphatic rings. The van der Waals surface area contributed by atoms with Crippen LogP contribution in [0.4, 0.5) is 5.69 Å². The second-order valence-electron chi connectivity index (χ2n) is 4.55. The van der Waals surface area contributed by atoms with Crippen LogP contribution in [0, 0.1) is 0 Å². The first-order chi connectivity index (χ1) is 7.42. The van der Waals surface area contributed by atoms with Crippen molar-refractivity contribution in [3.63, 3.8) is 0 Å². The van der Waals surface area contributed by atoms with Crippen LogP contribution in [-0.2, 0) is 0 Å². The summed E-state index contributed by atoms with van der Waals surface area (Å²) in [5, 5.41) is 0. The Morgan fingerprint density at radius 3 is 2.56 bits per heavy atom. The van der Waals surface area contributed by atoms with E-state index in [0.29, 0.717) is 0 Å². The summed E-state index contributed by atoms with van der Waals surface area (Å²) in [4.78, 5) is 13.2. The third-order valence-electron chi connectivity index (χ3n) is 3.25. The molecule has 88 valence electrons. The molecule has 0 saturated carbocycles. The van der Waals surface area contributed by atoms with E-state index in [1.54, 1.807) is 0 Å². The van der Waals surface area contributed by atoms with Gasteiger partial charge in [-0.05, 0) is 38.5 Å². The molecule has 0 atom stereocenters. The average Bonchev–Trinajstić information content (AvgIpc) is 2.28. The number of rotatable bonds is 4. The van der Waals surface area contributed by atoms with Gasteiger partial charge in [0, 0.05) is 28.3 Å². The molecule has 2 nitrogen and oxygen atoms in total. The van der Waals surface area contributed by atoms with Crippen molar-refractivity contribution in [1.82, 2.24) is 0 Å². The zero-order chi connectivity index (χ0) is 12.3. The number of carbonyl (C=O) groups excluding carboxylic acids is 1. The standard InChI is InChI=1S/C13H18BrNO/c1-5-13(2,3)15(4)12-8-11(14)7-6-10(12)9-16/h6-9H,5H2,1-4H3. The van der Waals surface area contributed by atoms with Gasteiger partial charge in [-0.25, -0.2) is 0 Å². The molecule has 0 saturated heterocycles. The summed E-state index contributed by atoms with van der Waals surface area (Å²) in [5.74, 6) is 0. The van der Waals surface area contributed by atoms with Gasteiger partial charge in [0.1, 0.15) is 0 Å². The molecule has 0 N–H and O–H groups in total. The fourth-order valence-electron chi connectivity index (χ4n) is 1.47. The lowest BCUT2D eigenvalue weighted by Gasteiger charge is -2.37. The number of hydrogen-bond acceptors (Lipinski definition) is 2. The Balaban J connectivity index is 3.21. The predicted octanol–water partition coefficient (Wildman–Crippen LogP) is 3.89. The van der Waals surface area contributed by atoms with Crippen LogP contribution in [0.15, 0.2) is 22.7 Å². The maximum atomic E-state index is 11.0. The van der Waals surface area contributed by atoms with E-state index in [1.807, 2.05) is 25.2 Å². The van der Waals surface area contributed by atoms with Crippen LogP contribution in [0.1, 0.15) is 37.6 Å². The van der Waals surface area contributed by atoms with E-state index in [0.717, 1.165) is 28.4 Å². The predicted molar refractivity (Wildman–Crippen MR) is 72.3 cm³/mol. The Kier molecular flexibility index (Phi) is 4.14. The van der Waals surface area contributed by atoms with Crippen molar-refractivity contribution in [1.29, 1.82) is 0 Å². The maximum absolute atomic E-state index is 11.0. The van der Waals surface area contributed by atoms with Crippen molar-refractivity contribution in [2.75, 3.05) is 11.9 Å². The van der Waals surface area contributed by atoms with Crippen LogP contribution in [-0.4, -0.2) is 18.9 Å². The van der Waals surface area contributed by atoms with E-state index in [-0.39, 0.29) is 5.54 Å². The first kappa shape index (κ1) is 13.2. The second kappa shape index (κ2) is 5.00. The quantitative estimate of drug-likeness (QED) is 0.782. The van der Waals surface area contributed by atoms with Gasteiger partial charge in [0.25, 0.3) is 0 Å². The number of aldehydes is 1. The maximum Gasteiger partial charge on any atom is 0.152 e. The molecule has 0 heterocycles. The Labute approximate surface area is 106 Å². The van der Waals surface area contributed by atoms with Gasteiger partial charge in [-0.1, -0.05) is 22.9 Å². The van der Waals surface area contributed by atoms with Crippen LogP contribution in [0.25, 0.3) is 0 Å². The lowest BCUT2D eigenvalue weighted by molar-refractivity contribution is 0.112. The van der Waals surface area contributed by atoms with Crippen LogP contribution >= 0.6 is 15.9 Å². The molecule has 0 aliphatic carbocycles. The first-order valence-corrected chi connectivity index (χ1v) is 6.20. The van der Waals surface area contributed by atoms with Crippen LogP contribution in [0.3, 0.4) is 0 Å². The number of nitrogens with zero attached hydrogens (tertiary/aromatic N) is 1. The summed E-state index contributed by atoms with van der Waals surface area (Å²) in [5.41, 5.74) is 1.74. The number of benzene rings is 1. The van der Waals surface area contributed by atoms with Crippen molar-refractivity contribution in [2.45, 2.75) is 32.7 Å². The largest absolute Gasteiger partial charge is 0.369 e. The van der Waals surface area contributed by atoms with E-state index >= 15 is 0 Å². The van der Waals surface area contributed by atoms with Crippen LogP contribution in [0.2, 0.25) is 0 Å². The molecular weight excluding hydrogens is 266 g/mol. The molecule has 0 spiro atoms. The molecule has 0 bridgehead atoms. The highest BCUT2D eigenvalue weighted by Gasteiger charge is 2.23. The monoisotopic (exact) mass is 283 g/mol. The number of anilines is 1. The van der Waals surface area contributed by atoms with Crippen molar-refractivity contribution in [2.24, 2.45) is 0 Å². The summed E-state index contributed by atoms with van der Waals surface area (Å²) in [6, 6.07) is 5.72. The van der Waals surface area contributed by atoms with Gasteiger partial charge in [-0.3, -0.25) is 4.79 Å². The van der Waals surface area contributed by atoms with E-state index in [9.17, 15) is 4.79 Å². The summed E-state index contributed by atoms with van der Waals surface area (Å²) >= 11 is 3.44. The summed E-state index contributed by atoms with van der Waals surface area (Å²) in [6.45, 7) is 6.49. The fourth-order valence-corrected chi connectivity index (χ4v) is 1.82. The van der Waals surface area contributed by atoms with E-state index in [4.69, 9.17) is 0 Å². The lowest BCUT2D eigenvalue weighted by Crippen LogP contribution is -2.41. The number of halogens is 1. The SMILES string of the molecule is CCC(C)(C)N(C)c1cc(Br)ccc1C=O. The zero-order valence-corrected chi connectivity index (χ0v) is 11.8. The number of carbonyl (C=O) groups is 1. The van der Waals surface area contributed by atoms with Crippen LogP contribution < -0.4 is 4.90 Å². The Hall–Kier alpha value is -0.830. The molecular formula is C13H18BrNO. The molecule has 3 heteroatoms. The van der Waals surface area contributed by atoms with Gasteiger partial charge in [0.2, 0.25) is 0 Å². The van der Waals surface area contributed by atoms with Gasteiger partial charge >= 0.3 is 0 Å². The van der Waals surface area contributed by atoms with Gasteiger partial charge < -0.3 is 4.90 Å². The lowest BCUT2D eigenvalue weighted by atomic mass is 9.98. The minimum atomic E-state index is 0.0402. The van der Waals surface area contributed by atoms with Crippen molar-refractivity contribution in [3.05, 3.63) is 28.2 Å². The molecule has 0 radical (unpaired) electrons. The fraction of sp³-hybridized carbons (Fsp3) is 0.462. The van der Waals surface area contributed by atoms with E-state index < -0.39 is 0 Å². The number of hydrogen-bond donors (Lipinski definition) is 0. The third kappa shape index (κ3) is 2.64. The van der Waals surface area contributed by atoms with Gasteiger partial charge in [-0.2, -0.15) is 0 Å². The third-order valence-corrected chi connectivity index (χ3v) is 3.75. The zero-order valence-electron chi connectivity index (χ0n) is 10.2. The Morgan fingerprint density at radius 1 is 1.44 bits per heavy atom. The molecule has 0 amide bonds. The molecule has 1 rings (SSSR count). The summed E-state index contributed by atoms with van der Waals surface area (Å²) in [6.07, 6.45) is 1.93. The molecule has 0 fully saturated rings. The molecule has 1 aromatic rings. The normalized spacial score (nSPS) is 11.3. The van der Waals surface area contributed by atoms with Gasteiger partial charge in [-0.15, -0.1) is 0 Å². The molecule has 0 aromatic heterocycles. The molecule has 16 heavy (non-hydrogen) atoms. The average molecular weight is 284 g/mol. The second-order valence-corrected chi connectivity index (χ2v) is 5.46. The minimum Gasteiger partial charge on any atom is -0.369 e. The van der Waals surface area contributed by atoms with Crippen molar-refractivity contribution in [3.8, 4) is 0 Å². The van der Waals surface area contributed by atoms with E-state index in [2.05, 4.69) is 41.6 Å². The molecule has 1 aromatic carbocycles. The van der Waals surface area contributed by atoms with Crippen molar-refractivity contribution >= 4 is 27.9 Å². The van der Waals surface area contributed by atoms with Gasteiger partial charge in [0.15, 0.2) is 6.29 Å². The first-order valence-electron chi connectivity index (χ1n) is 5.41. The highest BCUT2D eigenvalue weighted by Crippen LogP contribution is 2.29. The summed E-state index contributed by atoms with van der Waals surface area (Å²) < 4.78 is 0.992. The minimum absolute atomic E-state index is 0.0402. The molecule has 0 aliphatic heterocycles. The Morgan fingerprint density at radius 2 is 2.06 bits per heavy atom. The summed E-state index contributed by atoms with van der Waals surface area (Å²) in [7, 11) is 2.03. The smallest absolute Gasteiger partial charge is 0.152 e. The van der Waals surface area contributed by atoms with E-state index in [1.165, 1.54) is 0 Å². The van der Waals surface area contributed by atoms with Gasteiger partial charge in [0.05, 0.1) is 0 Å².